The van der Waals surface area contributed by atoms with Gasteiger partial charge in [0.25, 0.3) is 0 Å². The lowest BCUT2D eigenvalue weighted by molar-refractivity contribution is -0.139. The van der Waals surface area contributed by atoms with Crippen molar-refractivity contribution < 1.29 is 34.4 Å². The number of halogens is 2. The maximum Gasteiger partial charge on any atom is 0.341 e. The SMILES string of the molecule is Cc1cc(C)c(C(=O)O)c(C)c1.O=C(O)COc1ccc(Cl)cc1.O=C(O)c1ccccc1Cl. The third kappa shape index (κ3) is 9.94. The van der Waals surface area contributed by atoms with Crippen LogP contribution in [-0.4, -0.2) is 39.8 Å². The molecule has 0 aliphatic carbocycles. The van der Waals surface area contributed by atoms with Gasteiger partial charge in [-0.25, -0.2) is 14.4 Å². The molecular weight excluding hydrogens is 483 g/mol. The number of hydrogen-bond donors (Lipinski definition) is 3. The molecule has 0 saturated carbocycles. The highest BCUT2D eigenvalue weighted by Crippen LogP contribution is 2.16. The van der Waals surface area contributed by atoms with Gasteiger partial charge in [-0.05, 0) is 68.3 Å². The van der Waals surface area contributed by atoms with Gasteiger partial charge in [0.05, 0.1) is 16.1 Å². The topological polar surface area (TPSA) is 121 Å². The summed E-state index contributed by atoms with van der Waals surface area (Å²) in [6.45, 7) is 5.28. The molecule has 0 fully saturated rings. The first-order chi connectivity index (χ1) is 15.9. The summed E-state index contributed by atoms with van der Waals surface area (Å²) in [6, 6.07) is 16.6. The second kappa shape index (κ2) is 13.9. The van der Waals surface area contributed by atoms with Gasteiger partial charge in [0, 0.05) is 5.02 Å². The molecule has 0 bridgehead atoms. The fourth-order valence-corrected chi connectivity index (χ4v) is 3.17. The van der Waals surface area contributed by atoms with E-state index in [1.165, 1.54) is 6.07 Å². The van der Waals surface area contributed by atoms with E-state index in [9.17, 15) is 14.4 Å². The maximum absolute atomic E-state index is 10.8. The molecule has 0 aliphatic heterocycles. The predicted molar refractivity (Wildman–Crippen MR) is 131 cm³/mol. The Morgan fingerprint density at radius 2 is 1.32 bits per heavy atom. The Balaban J connectivity index is 0.000000256. The van der Waals surface area contributed by atoms with Gasteiger partial charge in [-0.15, -0.1) is 0 Å². The van der Waals surface area contributed by atoms with Crippen LogP contribution in [0.2, 0.25) is 10.0 Å². The molecule has 9 heteroatoms. The number of aliphatic carboxylic acids is 1. The van der Waals surface area contributed by atoms with Crippen LogP contribution in [-0.2, 0) is 4.79 Å². The van der Waals surface area contributed by atoms with Gasteiger partial charge in [0.1, 0.15) is 5.75 Å². The minimum atomic E-state index is -0.995. The van der Waals surface area contributed by atoms with Crippen molar-refractivity contribution in [1.29, 1.82) is 0 Å². The van der Waals surface area contributed by atoms with E-state index < -0.39 is 17.9 Å². The highest BCUT2D eigenvalue weighted by molar-refractivity contribution is 6.33. The Kier molecular flexibility index (Phi) is 11.6. The van der Waals surface area contributed by atoms with Crippen molar-refractivity contribution in [2.45, 2.75) is 20.8 Å². The molecule has 0 spiro atoms. The van der Waals surface area contributed by atoms with Crippen LogP contribution >= 0.6 is 23.2 Å². The van der Waals surface area contributed by atoms with Crippen molar-refractivity contribution in [2.75, 3.05) is 6.61 Å². The first kappa shape index (κ1) is 28.5. The summed E-state index contributed by atoms with van der Waals surface area (Å²) >= 11 is 11.1. The molecule has 0 aromatic heterocycles. The Morgan fingerprint density at radius 3 is 1.74 bits per heavy atom. The summed E-state index contributed by atoms with van der Waals surface area (Å²) in [5, 5.41) is 26.5. The summed E-state index contributed by atoms with van der Waals surface area (Å²) < 4.78 is 4.86. The van der Waals surface area contributed by atoms with E-state index >= 15 is 0 Å². The molecule has 0 atom stereocenters. The quantitative estimate of drug-likeness (QED) is 0.379. The largest absolute Gasteiger partial charge is 0.482 e. The Hall–Kier alpha value is -3.55. The van der Waals surface area contributed by atoms with Crippen molar-refractivity contribution in [3.63, 3.8) is 0 Å². The number of carbonyl (C=O) groups is 3. The minimum absolute atomic E-state index is 0.143. The molecule has 3 aromatic carbocycles. The van der Waals surface area contributed by atoms with E-state index in [0.717, 1.165) is 16.7 Å². The van der Waals surface area contributed by atoms with Crippen LogP contribution in [0.1, 0.15) is 37.4 Å². The number of aromatic carboxylic acids is 2. The number of aryl methyl sites for hydroxylation is 3. The summed E-state index contributed by atoms with van der Waals surface area (Å²) in [7, 11) is 0. The summed E-state index contributed by atoms with van der Waals surface area (Å²) in [5.41, 5.74) is 3.35. The molecule has 3 N–H and O–H groups in total. The van der Waals surface area contributed by atoms with E-state index in [4.69, 9.17) is 43.3 Å². The number of hydrogen-bond acceptors (Lipinski definition) is 4. The number of ether oxygens (including phenoxy) is 1. The molecule has 0 aliphatic rings. The smallest absolute Gasteiger partial charge is 0.341 e. The molecule has 34 heavy (non-hydrogen) atoms. The van der Waals surface area contributed by atoms with Crippen molar-refractivity contribution in [3.8, 4) is 5.75 Å². The standard InChI is InChI=1S/C10H12O2.C8H7ClO3.C7H5ClO2/c1-6-4-7(2)9(10(11)12)8(3)5-6;9-6-1-3-7(4-2-6)12-5-8(10)11;8-6-4-2-1-3-5(6)7(9)10/h4-5H,1-3H3,(H,11,12);1-4H,5H2,(H,10,11);1-4H,(H,9,10). The third-order valence-electron chi connectivity index (χ3n) is 4.17. The first-order valence-corrected chi connectivity index (χ1v) is 10.6. The van der Waals surface area contributed by atoms with Gasteiger partial charge in [0.15, 0.2) is 6.61 Å². The van der Waals surface area contributed by atoms with Crippen molar-refractivity contribution in [3.05, 3.63) is 98.5 Å². The molecule has 7 nitrogen and oxygen atoms in total. The van der Waals surface area contributed by atoms with Crippen molar-refractivity contribution in [2.24, 2.45) is 0 Å². The molecule has 0 radical (unpaired) electrons. The lowest BCUT2D eigenvalue weighted by Gasteiger charge is -2.05. The van der Waals surface area contributed by atoms with Gasteiger partial charge in [0.2, 0.25) is 0 Å². The fraction of sp³-hybridized carbons (Fsp3) is 0.160. The molecular formula is C25H24Cl2O7. The average molecular weight is 507 g/mol. The minimum Gasteiger partial charge on any atom is -0.482 e. The van der Waals surface area contributed by atoms with Crippen LogP contribution in [0, 0.1) is 20.8 Å². The molecule has 0 unspecified atom stereocenters. The van der Waals surface area contributed by atoms with Gasteiger partial charge >= 0.3 is 17.9 Å². The highest BCUT2D eigenvalue weighted by atomic mass is 35.5. The third-order valence-corrected chi connectivity index (χ3v) is 4.75. The van der Waals surface area contributed by atoms with Gasteiger partial charge in [-0.1, -0.05) is 53.0 Å². The number of benzene rings is 3. The average Bonchev–Trinajstić information content (AvgIpc) is 2.73. The van der Waals surface area contributed by atoms with E-state index in [1.807, 2.05) is 32.9 Å². The van der Waals surface area contributed by atoms with E-state index in [-0.39, 0.29) is 17.2 Å². The van der Waals surface area contributed by atoms with Gasteiger partial charge in [-0.3, -0.25) is 0 Å². The summed E-state index contributed by atoms with van der Waals surface area (Å²) in [4.78, 5) is 31.2. The summed E-state index contributed by atoms with van der Waals surface area (Å²) in [6.07, 6.45) is 0. The molecule has 3 aromatic rings. The second-order valence-electron chi connectivity index (χ2n) is 7.00. The van der Waals surface area contributed by atoms with Gasteiger partial charge in [-0.2, -0.15) is 0 Å². The normalized spacial score (nSPS) is 9.56. The lowest BCUT2D eigenvalue weighted by atomic mass is 10.0. The zero-order valence-electron chi connectivity index (χ0n) is 18.7. The zero-order valence-corrected chi connectivity index (χ0v) is 20.2. The van der Waals surface area contributed by atoms with Crippen LogP contribution in [0.25, 0.3) is 0 Å². The van der Waals surface area contributed by atoms with E-state index in [1.54, 1.807) is 42.5 Å². The maximum atomic E-state index is 10.8. The van der Waals surface area contributed by atoms with Gasteiger partial charge < -0.3 is 20.1 Å². The predicted octanol–water partition coefficient (Wildman–Crippen LogP) is 6.15. The van der Waals surface area contributed by atoms with Crippen LogP contribution in [0.3, 0.4) is 0 Å². The Morgan fingerprint density at radius 1 is 0.794 bits per heavy atom. The molecule has 3 rings (SSSR count). The van der Waals surface area contributed by atoms with Crippen LogP contribution in [0.15, 0.2) is 60.7 Å². The van der Waals surface area contributed by atoms with Crippen molar-refractivity contribution >= 4 is 41.1 Å². The molecule has 180 valence electrons. The number of carboxylic acid groups (broad SMARTS) is 3. The monoisotopic (exact) mass is 506 g/mol. The highest BCUT2D eigenvalue weighted by Gasteiger charge is 2.10. The van der Waals surface area contributed by atoms with Crippen LogP contribution in [0.5, 0.6) is 5.75 Å². The van der Waals surface area contributed by atoms with Crippen LogP contribution in [0.4, 0.5) is 0 Å². The fourth-order valence-electron chi connectivity index (χ4n) is 2.83. The Bertz CT molecular complexity index is 1120. The zero-order chi connectivity index (χ0) is 25.8. The lowest BCUT2D eigenvalue weighted by Crippen LogP contribution is -2.09. The van der Waals surface area contributed by atoms with Crippen molar-refractivity contribution in [1.82, 2.24) is 0 Å². The summed E-state index contributed by atoms with van der Waals surface area (Å²) in [5.74, 6) is -2.33. The van der Waals surface area contributed by atoms with E-state index in [0.29, 0.717) is 16.3 Å². The van der Waals surface area contributed by atoms with E-state index in [2.05, 4.69) is 0 Å². The molecule has 0 amide bonds. The van der Waals surface area contributed by atoms with Crippen LogP contribution < -0.4 is 4.74 Å². The first-order valence-electron chi connectivity index (χ1n) is 9.81. The molecule has 0 heterocycles. The second-order valence-corrected chi connectivity index (χ2v) is 7.84. The Labute approximate surface area is 207 Å². The molecule has 0 saturated heterocycles. The number of rotatable bonds is 5. The number of carboxylic acids is 3.